The SMILES string of the molecule is CCCCCCCCCC(=O)[O-].CCCCCCCCCC(=O)[O-].[In+3].[OH-]. The van der Waals surface area contributed by atoms with Crippen molar-refractivity contribution in [3.63, 3.8) is 0 Å². The molecule has 0 amide bonds. The standard InChI is InChI=1S/2C10H20O2.In.H2O/c2*1-2-3-4-5-6-7-8-9-10(11)12;;/h2*2-9H2,1H3,(H,11,12);;1H2/q;;+3;/p-3. The Labute approximate surface area is 179 Å². The van der Waals surface area contributed by atoms with Crippen molar-refractivity contribution in [3.8, 4) is 0 Å². The van der Waals surface area contributed by atoms with Gasteiger partial charge in [-0.05, 0) is 25.7 Å². The molecule has 0 fully saturated rings. The number of hydrogen-bond acceptors (Lipinski definition) is 5. The van der Waals surface area contributed by atoms with E-state index < -0.39 is 11.9 Å². The molecule has 0 rings (SSSR count). The zero-order valence-electron chi connectivity index (χ0n) is 17.0. The van der Waals surface area contributed by atoms with E-state index in [1.807, 2.05) is 0 Å². The summed E-state index contributed by atoms with van der Waals surface area (Å²) in [7, 11) is 0. The third-order valence-electron chi connectivity index (χ3n) is 3.97. The fraction of sp³-hybridized carbons (Fsp3) is 0.900. The molecule has 0 saturated carbocycles. The summed E-state index contributed by atoms with van der Waals surface area (Å²) in [4.78, 5) is 20.0. The number of aliphatic carboxylic acids is 2. The molecule has 0 heterocycles. The number of carboxylic acids is 2. The van der Waals surface area contributed by atoms with E-state index in [-0.39, 0.29) is 44.2 Å². The van der Waals surface area contributed by atoms with Crippen LogP contribution in [0.4, 0.5) is 0 Å². The summed E-state index contributed by atoms with van der Waals surface area (Å²) in [6.07, 6.45) is 16.7. The van der Waals surface area contributed by atoms with E-state index in [2.05, 4.69) is 13.8 Å². The third kappa shape index (κ3) is 39.0. The van der Waals surface area contributed by atoms with Crippen molar-refractivity contribution in [2.24, 2.45) is 0 Å². The largest absolute Gasteiger partial charge is 3.00 e. The van der Waals surface area contributed by atoms with Crippen LogP contribution >= 0.6 is 0 Å². The molecule has 1 N–H and O–H groups in total. The van der Waals surface area contributed by atoms with Crippen LogP contribution in [0.1, 0.15) is 117 Å². The Kier molecular flexibility index (Phi) is 37.9. The summed E-state index contributed by atoms with van der Waals surface area (Å²) in [5.74, 6) is -1.83. The summed E-state index contributed by atoms with van der Waals surface area (Å²) in [5.41, 5.74) is 0. The Balaban J connectivity index is -0.000000173. The molecule has 0 aromatic carbocycles. The van der Waals surface area contributed by atoms with Crippen LogP contribution in [0, 0.1) is 0 Å². The van der Waals surface area contributed by atoms with Crippen molar-refractivity contribution in [2.75, 3.05) is 0 Å². The topological polar surface area (TPSA) is 110 Å². The fourth-order valence-corrected chi connectivity index (χ4v) is 2.45. The van der Waals surface area contributed by atoms with Gasteiger partial charge in [0.05, 0.1) is 0 Å². The van der Waals surface area contributed by atoms with Crippen molar-refractivity contribution in [1.29, 1.82) is 0 Å². The smallest absolute Gasteiger partial charge is 0.870 e. The van der Waals surface area contributed by atoms with Gasteiger partial charge in [-0.3, -0.25) is 0 Å². The van der Waals surface area contributed by atoms with Crippen molar-refractivity contribution < 1.29 is 25.3 Å². The van der Waals surface area contributed by atoms with Gasteiger partial charge in [-0.15, -0.1) is 0 Å². The molecule has 0 radical (unpaired) electrons. The Bertz CT molecular complexity index is 257. The number of carbonyl (C=O) groups is 2. The van der Waals surface area contributed by atoms with Gasteiger partial charge in [0.2, 0.25) is 0 Å². The van der Waals surface area contributed by atoms with Gasteiger partial charge < -0.3 is 25.3 Å². The molecule has 152 valence electrons. The normalized spacial score (nSPS) is 9.31. The number of rotatable bonds is 16. The number of carbonyl (C=O) groups excluding carboxylic acids is 2. The molecule has 0 spiro atoms. The third-order valence-corrected chi connectivity index (χ3v) is 3.97. The van der Waals surface area contributed by atoms with Crippen LogP contribution in [0.5, 0.6) is 0 Å². The first-order valence-corrected chi connectivity index (χ1v) is 9.94. The van der Waals surface area contributed by atoms with E-state index in [4.69, 9.17) is 0 Å². The van der Waals surface area contributed by atoms with Crippen LogP contribution in [0.25, 0.3) is 0 Å². The molecular formula is C20H39InO5. The minimum absolute atomic E-state index is 0. The maximum absolute atomic E-state index is 10.0. The summed E-state index contributed by atoms with van der Waals surface area (Å²) in [5, 5.41) is 20.0. The molecule has 0 aromatic heterocycles. The van der Waals surface area contributed by atoms with Crippen LogP contribution in [0.15, 0.2) is 0 Å². The number of carboxylic acid groups (broad SMARTS) is 2. The maximum Gasteiger partial charge on any atom is 3.00 e. The molecule has 0 aromatic rings. The molecule has 0 aliphatic rings. The second-order valence-electron chi connectivity index (χ2n) is 6.49. The predicted octanol–water partition coefficient (Wildman–Crippen LogP) is 3.20. The average molecular weight is 474 g/mol. The van der Waals surface area contributed by atoms with Gasteiger partial charge in [-0.2, -0.15) is 0 Å². The maximum atomic E-state index is 10.0. The van der Waals surface area contributed by atoms with Gasteiger partial charge in [-0.1, -0.05) is 90.9 Å². The molecular weight excluding hydrogens is 435 g/mol. The van der Waals surface area contributed by atoms with Crippen LogP contribution in [-0.4, -0.2) is 43.3 Å². The van der Waals surface area contributed by atoms with Gasteiger partial charge >= 0.3 is 25.8 Å². The monoisotopic (exact) mass is 474 g/mol. The number of hydrogen-bond donors (Lipinski definition) is 0. The quantitative estimate of drug-likeness (QED) is 0.319. The Morgan fingerprint density at radius 1 is 0.538 bits per heavy atom. The molecule has 0 atom stereocenters. The molecule has 0 aliphatic carbocycles. The van der Waals surface area contributed by atoms with Gasteiger partial charge in [-0.25, -0.2) is 0 Å². The first-order chi connectivity index (χ1) is 11.5. The van der Waals surface area contributed by atoms with Gasteiger partial charge in [0.15, 0.2) is 0 Å². The van der Waals surface area contributed by atoms with Gasteiger partial charge in [0.1, 0.15) is 0 Å². The molecule has 0 unspecified atom stereocenters. The predicted molar refractivity (Wildman–Crippen MR) is 103 cm³/mol. The first kappa shape index (κ1) is 33.4. The van der Waals surface area contributed by atoms with Crippen molar-refractivity contribution >= 4 is 37.8 Å². The van der Waals surface area contributed by atoms with Crippen LogP contribution < -0.4 is 10.2 Å². The molecule has 5 nitrogen and oxygen atoms in total. The minimum atomic E-state index is -0.913. The Hall–Kier alpha value is -0.230. The van der Waals surface area contributed by atoms with E-state index >= 15 is 0 Å². The Morgan fingerprint density at radius 2 is 0.769 bits per heavy atom. The molecule has 0 aliphatic heterocycles. The van der Waals surface area contributed by atoms with Gasteiger partial charge in [0, 0.05) is 11.9 Å². The van der Waals surface area contributed by atoms with E-state index in [1.165, 1.54) is 64.2 Å². The average Bonchev–Trinajstić information content (AvgIpc) is 2.53. The van der Waals surface area contributed by atoms with Crippen LogP contribution in [0.3, 0.4) is 0 Å². The summed E-state index contributed by atoms with van der Waals surface area (Å²) < 4.78 is 0. The zero-order chi connectivity index (χ0) is 18.5. The van der Waals surface area contributed by atoms with E-state index in [0.717, 1.165) is 25.7 Å². The minimum Gasteiger partial charge on any atom is -0.870 e. The van der Waals surface area contributed by atoms with E-state index in [0.29, 0.717) is 0 Å². The summed E-state index contributed by atoms with van der Waals surface area (Å²) in [6.45, 7) is 4.38. The van der Waals surface area contributed by atoms with E-state index in [1.54, 1.807) is 0 Å². The summed E-state index contributed by atoms with van der Waals surface area (Å²) >= 11 is 0. The zero-order valence-corrected chi connectivity index (χ0v) is 20.3. The number of unbranched alkanes of at least 4 members (excludes halogenated alkanes) is 12. The van der Waals surface area contributed by atoms with Crippen molar-refractivity contribution in [1.82, 2.24) is 0 Å². The van der Waals surface area contributed by atoms with Gasteiger partial charge in [0.25, 0.3) is 0 Å². The van der Waals surface area contributed by atoms with Crippen molar-refractivity contribution in [2.45, 2.75) is 117 Å². The van der Waals surface area contributed by atoms with Crippen LogP contribution in [-0.2, 0) is 9.59 Å². The molecule has 6 heteroatoms. The van der Waals surface area contributed by atoms with Crippen LogP contribution in [0.2, 0.25) is 0 Å². The second kappa shape index (κ2) is 29.5. The Morgan fingerprint density at radius 3 is 1.00 bits per heavy atom. The molecule has 0 bridgehead atoms. The molecule has 26 heavy (non-hydrogen) atoms. The first-order valence-electron chi connectivity index (χ1n) is 9.94. The fourth-order valence-electron chi connectivity index (χ4n) is 2.45. The summed E-state index contributed by atoms with van der Waals surface area (Å²) in [6, 6.07) is 0. The molecule has 0 saturated heterocycles. The van der Waals surface area contributed by atoms with E-state index in [9.17, 15) is 19.8 Å². The van der Waals surface area contributed by atoms with Crippen molar-refractivity contribution in [3.05, 3.63) is 0 Å². The second-order valence-corrected chi connectivity index (χ2v) is 6.49.